The Labute approximate surface area is 183 Å². The van der Waals surface area contributed by atoms with Crippen LogP contribution in [0.4, 0.5) is 5.69 Å². The average molecular weight is 421 g/mol. The van der Waals surface area contributed by atoms with Crippen molar-refractivity contribution in [2.45, 2.75) is 33.1 Å². The number of hydrogen-bond acceptors (Lipinski definition) is 5. The maximum atomic E-state index is 13.8. The van der Waals surface area contributed by atoms with Gasteiger partial charge in [0.2, 0.25) is 0 Å². The molecule has 162 valence electrons. The summed E-state index contributed by atoms with van der Waals surface area (Å²) in [6, 6.07) is 11.1. The Morgan fingerprint density at radius 2 is 1.55 bits per heavy atom. The van der Waals surface area contributed by atoms with Crippen molar-refractivity contribution >= 4 is 23.1 Å². The molecule has 0 aliphatic carbocycles. The number of carbonyl (C=O) groups excluding carboxylic acids is 2. The lowest BCUT2D eigenvalue weighted by molar-refractivity contribution is -0.120. The van der Waals surface area contributed by atoms with E-state index in [2.05, 4.69) is 4.90 Å². The molecule has 0 unspecified atom stereocenters. The van der Waals surface area contributed by atoms with Gasteiger partial charge in [0.15, 0.2) is 0 Å². The van der Waals surface area contributed by atoms with E-state index in [1.54, 1.807) is 25.3 Å². The fourth-order valence-corrected chi connectivity index (χ4v) is 4.28. The van der Waals surface area contributed by atoms with Crippen molar-refractivity contribution in [3.05, 3.63) is 58.8 Å². The Morgan fingerprint density at radius 1 is 0.806 bits per heavy atom. The van der Waals surface area contributed by atoms with Crippen molar-refractivity contribution in [3.8, 4) is 11.5 Å². The SMILES string of the molecule is COc1ccc(OC)c(N2C(=O)C(c3ccc(C)c(C)c3)=C(N3CCCCC3)C2=O)c1. The summed E-state index contributed by atoms with van der Waals surface area (Å²) in [5.41, 5.74) is 4.34. The zero-order chi connectivity index (χ0) is 22.1. The van der Waals surface area contributed by atoms with Gasteiger partial charge in [0.25, 0.3) is 11.8 Å². The molecule has 31 heavy (non-hydrogen) atoms. The highest BCUT2D eigenvalue weighted by atomic mass is 16.5. The van der Waals surface area contributed by atoms with E-state index in [4.69, 9.17) is 9.47 Å². The summed E-state index contributed by atoms with van der Waals surface area (Å²) in [6.45, 7) is 5.59. The van der Waals surface area contributed by atoms with Gasteiger partial charge in [0, 0.05) is 19.2 Å². The number of aryl methyl sites for hydroxylation is 2. The molecular formula is C25H28N2O4. The number of amides is 2. The summed E-state index contributed by atoms with van der Waals surface area (Å²) >= 11 is 0. The second-order valence-corrected chi connectivity index (χ2v) is 8.05. The van der Waals surface area contributed by atoms with Crippen LogP contribution in [0.2, 0.25) is 0 Å². The molecule has 2 aliphatic heterocycles. The third-order valence-electron chi connectivity index (χ3n) is 6.15. The lowest BCUT2D eigenvalue weighted by Gasteiger charge is -2.29. The fourth-order valence-electron chi connectivity index (χ4n) is 4.28. The number of likely N-dealkylation sites (tertiary alicyclic amines) is 1. The van der Waals surface area contributed by atoms with Gasteiger partial charge >= 0.3 is 0 Å². The van der Waals surface area contributed by atoms with Crippen LogP contribution in [-0.4, -0.2) is 44.0 Å². The highest BCUT2D eigenvalue weighted by Crippen LogP contribution is 2.41. The standard InChI is InChI=1S/C25H28N2O4/c1-16-8-9-18(14-17(16)2)22-23(26-12-6-5-7-13-26)25(29)27(24(22)28)20-15-19(30-3)10-11-21(20)31-4/h8-11,14-15H,5-7,12-13H2,1-4H3. The minimum absolute atomic E-state index is 0.313. The van der Waals surface area contributed by atoms with Gasteiger partial charge < -0.3 is 14.4 Å². The predicted octanol–water partition coefficient (Wildman–Crippen LogP) is 4.09. The Bertz CT molecular complexity index is 1070. The van der Waals surface area contributed by atoms with E-state index in [9.17, 15) is 9.59 Å². The van der Waals surface area contributed by atoms with Crippen LogP contribution in [0.1, 0.15) is 36.0 Å². The summed E-state index contributed by atoms with van der Waals surface area (Å²) in [5, 5.41) is 0. The van der Waals surface area contributed by atoms with Crippen LogP contribution in [0.5, 0.6) is 11.5 Å². The molecule has 0 N–H and O–H groups in total. The average Bonchev–Trinajstić information content (AvgIpc) is 3.05. The third-order valence-corrected chi connectivity index (χ3v) is 6.15. The Morgan fingerprint density at radius 3 is 2.19 bits per heavy atom. The number of nitrogens with zero attached hydrogens (tertiary/aromatic N) is 2. The predicted molar refractivity (Wildman–Crippen MR) is 120 cm³/mol. The van der Waals surface area contributed by atoms with Crippen molar-refractivity contribution in [3.63, 3.8) is 0 Å². The summed E-state index contributed by atoms with van der Waals surface area (Å²) in [6.07, 6.45) is 3.15. The molecule has 6 heteroatoms. The molecule has 0 radical (unpaired) electrons. The minimum Gasteiger partial charge on any atom is -0.497 e. The summed E-state index contributed by atoms with van der Waals surface area (Å²) in [5.74, 6) is 0.351. The number of hydrogen-bond donors (Lipinski definition) is 0. The number of ether oxygens (including phenoxy) is 2. The topological polar surface area (TPSA) is 59.1 Å². The van der Waals surface area contributed by atoms with Crippen molar-refractivity contribution in [1.29, 1.82) is 0 Å². The number of benzene rings is 2. The Balaban J connectivity index is 1.87. The molecule has 4 rings (SSSR count). The number of imide groups is 1. The van der Waals surface area contributed by atoms with Crippen LogP contribution in [0.3, 0.4) is 0 Å². The Kier molecular flexibility index (Phi) is 5.72. The van der Waals surface area contributed by atoms with Gasteiger partial charge in [-0.2, -0.15) is 0 Å². The first-order valence-electron chi connectivity index (χ1n) is 10.6. The molecule has 1 fully saturated rings. The molecule has 0 aromatic heterocycles. The molecule has 2 heterocycles. The maximum Gasteiger partial charge on any atom is 0.282 e. The Hall–Kier alpha value is -3.28. The van der Waals surface area contributed by atoms with E-state index >= 15 is 0 Å². The molecule has 0 spiro atoms. The number of piperidine rings is 1. The molecule has 2 amide bonds. The first-order chi connectivity index (χ1) is 15.0. The molecule has 0 atom stereocenters. The van der Waals surface area contributed by atoms with E-state index in [0.717, 1.165) is 49.0 Å². The second kappa shape index (κ2) is 8.46. The lowest BCUT2D eigenvalue weighted by atomic mass is 9.98. The largest absolute Gasteiger partial charge is 0.497 e. The van der Waals surface area contributed by atoms with Crippen LogP contribution >= 0.6 is 0 Å². The van der Waals surface area contributed by atoms with Gasteiger partial charge in [0.05, 0.1) is 25.5 Å². The van der Waals surface area contributed by atoms with Gasteiger partial charge in [-0.05, 0) is 61.9 Å². The highest BCUT2D eigenvalue weighted by Gasteiger charge is 2.43. The lowest BCUT2D eigenvalue weighted by Crippen LogP contribution is -2.37. The number of methoxy groups -OCH3 is 2. The molecule has 2 aromatic rings. The van der Waals surface area contributed by atoms with Gasteiger partial charge in [-0.1, -0.05) is 18.2 Å². The number of rotatable bonds is 5. The van der Waals surface area contributed by atoms with E-state index in [0.29, 0.717) is 28.5 Å². The van der Waals surface area contributed by atoms with Gasteiger partial charge in [-0.3, -0.25) is 9.59 Å². The van der Waals surface area contributed by atoms with Crippen LogP contribution in [-0.2, 0) is 9.59 Å². The molecule has 2 aromatic carbocycles. The van der Waals surface area contributed by atoms with Gasteiger partial charge in [-0.25, -0.2) is 4.90 Å². The van der Waals surface area contributed by atoms with Crippen molar-refractivity contribution in [2.75, 3.05) is 32.2 Å². The zero-order valence-corrected chi connectivity index (χ0v) is 18.5. The fraction of sp³-hybridized carbons (Fsp3) is 0.360. The third kappa shape index (κ3) is 3.67. The maximum absolute atomic E-state index is 13.8. The number of carbonyl (C=O) groups is 2. The summed E-state index contributed by atoms with van der Waals surface area (Å²) < 4.78 is 10.8. The molecule has 2 aliphatic rings. The molecule has 0 saturated carbocycles. The highest BCUT2D eigenvalue weighted by molar-refractivity contribution is 6.45. The van der Waals surface area contributed by atoms with Crippen molar-refractivity contribution < 1.29 is 19.1 Å². The van der Waals surface area contributed by atoms with E-state index in [1.165, 1.54) is 12.0 Å². The van der Waals surface area contributed by atoms with E-state index < -0.39 is 0 Å². The van der Waals surface area contributed by atoms with Gasteiger partial charge in [0.1, 0.15) is 17.2 Å². The van der Waals surface area contributed by atoms with Gasteiger partial charge in [-0.15, -0.1) is 0 Å². The smallest absolute Gasteiger partial charge is 0.282 e. The first-order valence-corrected chi connectivity index (χ1v) is 10.6. The van der Waals surface area contributed by atoms with E-state index in [-0.39, 0.29) is 11.8 Å². The number of anilines is 1. The molecule has 6 nitrogen and oxygen atoms in total. The molecular weight excluding hydrogens is 392 g/mol. The summed E-state index contributed by atoms with van der Waals surface area (Å²) in [7, 11) is 3.08. The monoisotopic (exact) mass is 420 g/mol. The van der Waals surface area contributed by atoms with Crippen LogP contribution < -0.4 is 14.4 Å². The minimum atomic E-state index is -0.333. The second-order valence-electron chi connectivity index (χ2n) is 8.05. The van der Waals surface area contributed by atoms with Crippen LogP contribution in [0.25, 0.3) is 5.57 Å². The normalized spacial score (nSPS) is 16.9. The molecule has 1 saturated heterocycles. The summed E-state index contributed by atoms with van der Waals surface area (Å²) in [4.78, 5) is 30.8. The quantitative estimate of drug-likeness (QED) is 0.682. The van der Waals surface area contributed by atoms with Crippen LogP contribution in [0.15, 0.2) is 42.1 Å². The van der Waals surface area contributed by atoms with Crippen molar-refractivity contribution in [1.82, 2.24) is 4.90 Å². The van der Waals surface area contributed by atoms with Crippen LogP contribution in [0, 0.1) is 13.8 Å². The zero-order valence-electron chi connectivity index (χ0n) is 18.5. The first kappa shape index (κ1) is 21.0. The van der Waals surface area contributed by atoms with E-state index in [1.807, 2.05) is 32.0 Å². The molecule has 0 bridgehead atoms. The van der Waals surface area contributed by atoms with Crippen molar-refractivity contribution in [2.24, 2.45) is 0 Å².